The van der Waals surface area contributed by atoms with E-state index in [1.54, 1.807) is 8.85 Å². The smallest absolute Gasteiger partial charge is 0.147 e. The maximum Gasteiger partial charge on any atom is -0.147 e. The van der Waals surface area contributed by atoms with Crippen molar-refractivity contribution in [2.24, 2.45) is 5.92 Å². The summed E-state index contributed by atoms with van der Waals surface area (Å²) >= 11 is -4.66. The third kappa shape index (κ3) is 5.17. The Morgan fingerprint density at radius 3 is 1.43 bits per heavy atom. The van der Waals surface area contributed by atoms with Crippen LogP contribution in [-0.4, -0.2) is 19.3 Å². The summed E-state index contributed by atoms with van der Waals surface area (Å²) in [5.74, 6) is 0.533. The van der Waals surface area contributed by atoms with E-state index in [0.29, 0.717) is 5.92 Å². The van der Waals surface area contributed by atoms with E-state index in [0.717, 1.165) is 0 Å². The van der Waals surface area contributed by atoms with Crippen molar-refractivity contribution in [1.29, 1.82) is 0 Å². The van der Waals surface area contributed by atoms with Crippen molar-refractivity contribution in [3.05, 3.63) is 20.0 Å². The topological polar surface area (TPSA) is 12.0 Å². The Balaban J connectivity index is 0. The van der Waals surface area contributed by atoms with Gasteiger partial charge in [-0.3, -0.25) is 0 Å². The number of halogens is 2. The van der Waals surface area contributed by atoms with E-state index < -0.39 is 11.9 Å². The molecule has 0 aromatic rings. The van der Waals surface area contributed by atoms with Gasteiger partial charge in [-0.2, -0.15) is 0 Å². The van der Waals surface area contributed by atoms with Crippen LogP contribution in [0.1, 0.15) is 48.5 Å². The van der Waals surface area contributed by atoms with Crippen LogP contribution in [0.2, 0.25) is 18.5 Å². The number of hydrogen-bond donors (Lipinski definition) is 1. The van der Waals surface area contributed by atoms with Gasteiger partial charge in [0.25, 0.3) is 0 Å². The van der Waals surface area contributed by atoms with Gasteiger partial charge in [0.2, 0.25) is 0 Å². The fourth-order valence-electron chi connectivity index (χ4n) is 6.04. The second-order valence-electron chi connectivity index (χ2n) is 14.4. The molecule has 0 bridgehead atoms. The molecule has 1 atom stereocenters. The van der Waals surface area contributed by atoms with Gasteiger partial charge in [0.05, 0.1) is 0 Å². The molecule has 0 amide bonds. The summed E-state index contributed by atoms with van der Waals surface area (Å²) < 4.78 is 16.3. The van der Waals surface area contributed by atoms with Crippen molar-refractivity contribution >= 4 is 38.6 Å². The van der Waals surface area contributed by atoms with Gasteiger partial charge < -0.3 is 0 Å². The van der Waals surface area contributed by atoms with Crippen LogP contribution < -0.4 is 3.26 Å². The Labute approximate surface area is 151 Å². The fraction of sp³-hybridized carbons (Fsp3) is 0.765. The molecule has 0 aliphatic heterocycles. The summed E-state index contributed by atoms with van der Waals surface area (Å²) in [5, 5.41) is 0. The molecular weight excluding hydrogens is 436 g/mol. The molecule has 1 N–H and O–H groups in total. The van der Waals surface area contributed by atoms with Crippen molar-refractivity contribution in [3.63, 3.8) is 0 Å². The Hall–Kier alpha value is 1.34. The molecule has 0 saturated carbocycles. The van der Waals surface area contributed by atoms with Crippen molar-refractivity contribution in [3.8, 4) is 0 Å². The Morgan fingerprint density at radius 1 is 0.870 bits per heavy atom. The zero-order chi connectivity index (χ0) is 17.4. The molecule has 1 rings (SSSR count). The number of hydrogen-bond acceptors (Lipinski definition) is 1. The minimum absolute atomic E-state index is 0. The standard InChI is InChI=1S/C9H13.C4H10N.4CH3.2ClH.2H2Si.Zr/c1-6-5-7(2)9(4)8(6)3;1-4(2,3)5;;;;;;;;;/h6H,1-4H3;5H,1-3H3;4*1H3;2*1H;2*1H2;/q;-1;;;;;;;;;+1. The predicted octanol–water partition coefficient (Wildman–Crippen LogP) is 4.98. The van der Waals surface area contributed by atoms with Gasteiger partial charge in [-0.25, -0.2) is 0 Å². The van der Waals surface area contributed by atoms with E-state index >= 15 is 0 Å². The number of rotatable bonds is 2. The minimum Gasteiger partial charge on any atom is -0.147 e. The second-order valence-corrected chi connectivity index (χ2v) is 114. The number of allylic oxidation sites excluding steroid dienone is 4. The monoisotopic (exact) mass is 475 g/mol. The van der Waals surface area contributed by atoms with Crippen LogP contribution in [-0.2, 0) is 11.9 Å². The first-order valence-corrected chi connectivity index (χ1v) is 32.5. The zero-order valence-corrected chi connectivity index (χ0v) is 24.2. The molecule has 1 aliphatic rings. The average Bonchev–Trinajstić information content (AvgIpc) is 2.22. The van der Waals surface area contributed by atoms with Gasteiger partial charge >= 0.3 is 127 Å². The molecule has 1 nitrogen and oxygen atoms in total. The van der Waals surface area contributed by atoms with Crippen LogP contribution in [0.25, 0.3) is 0 Å². The Kier molecular flexibility index (Phi) is 5.10. The number of nitrogens with one attached hydrogen (secondary N) is 1. The molecule has 0 heterocycles. The molecule has 1 aliphatic carbocycles. The molecule has 6 heteroatoms. The van der Waals surface area contributed by atoms with E-state index in [9.17, 15) is 0 Å². The van der Waals surface area contributed by atoms with Crippen LogP contribution in [0.5, 0.6) is 0 Å². The molecule has 1 unspecified atom stereocenters. The largest absolute Gasteiger partial charge is 0.147 e. The molecule has 0 radical (unpaired) electrons. The third-order valence-electron chi connectivity index (χ3n) is 5.35. The maximum absolute atomic E-state index is 4.66. The minimum atomic E-state index is -4.66. The molecule has 0 fully saturated rings. The van der Waals surface area contributed by atoms with Crippen molar-refractivity contribution in [1.82, 2.24) is 3.26 Å². The van der Waals surface area contributed by atoms with Gasteiger partial charge in [0, 0.05) is 0 Å². The fourth-order valence-corrected chi connectivity index (χ4v) is 43.0. The maximum atomic E-state index is 4.26. The Morgan fingerprint density at radius 2 is 1.22 bits per heavy atom. The summed E-state index contributed by atoms with van der Waals surface area (Å²) in [4.78, 5) is 0. The zero-order valence-electron chi connectivity index (χ0n) is 17.3. The second kappa shape index (κ2) is 4.42. The van der Waals surface area contributed by atoms with Crippen LogP contribution >= 0.6 is 24.8 Å². The van der Waals surface area contributed by atoms with Gasteiger partial charge in [0.1, 0.15) is 0 Å². The van der Waals surface area contributed by atoms with Gasteiger partial charge in [-0.05, 0) is 0 Å². The van der Waals surface area contributed by atoms with E-state index in [-0.39, 0.29) is 30.4 Å². The quantitative estimate of drug-likeness (QED) is 0.553. The SMILES string of the molecule is CC1=C(C)C(C)[C]([Zr]([CH3])([CH3])([CH3])([CH3])(=[SiH2])(=[SiH2])[NH]C(C)(C)C)=C1C.Cl.Cl. The van der Waals surface area contributed by atoms with Crippen molar-refractivity contribution < 1.29 is 11.9 Å². The van der Waals surface area contributed by atoms with E-state index in [2.05, 4.69) is 84.0 Å². The molecule has 0 saturated heterocycles. The summed E-state index contributed by atoms with van der Waals surface area (Å²) in [6.45, 7) is 20.9. The van der Waals surface area contributed by atoms with Crippen LogP contribution in [0.15, 0.2) is 20.0 Å². The summed E-state index contributed by atoms with van der Waals surface area (Å²) in [6.07, 6.45) is 0. The van der Waals surface area contributed by atoms with Gasteiger partial charge in [-0.15, -0.1) is 24.8 Å². The first-order valence-electron chi connectivity index (χ1n) is 8.36. The predicted molar refractivity (Wildman–Crippen MR) is 118 cm³/mol. The third-order valence-corrected chi connectivity index (χ3v) is 27.2. The van der Waals surface area contributed by atoms with Crippen molar-refractivity contribution in [2.45, 2.75) is 72.5 Å². The van der Waals surface area contributed by atoms with Crippen LogP contribution in [0.3, 0.4) is 0 Å². The van der Waals surface area contributed by atoms with Crippen LogP contribution in [0, 0.1) is 5.92 Å². The molecule has 0 aromatic carbocycles. The van der Waals surface area contributed by atoms with Gasteiger partial charge in [-0.1, -0.05) is 0 Å². The summed E-state index contributed by atoms with van der Waals surface area (Å²) in [5.41, 5.74) is 4.67. The normalized spacial score (nSPS) is 26.3. The van der Waals surface area contributed by atoms with Gasteiger partial charge in [0.15, 0.2) is 0 Å². The van der Waals surface area contributed by atoms with Crippen molar-refractivity contribution in [2.75, 3.05) is 0 Å². The first kappa shape index (κ1) is 26.6. The van der Waals surface area contributed by atoms with Crippen LogP contribution in [0.4, 0.5) is 0 Å². The van der Waals surface area contributed by atoms with E-state index in [4.69, 9.17) is 0 Å². The molecule has 0 aromatic heterocycles. The van der Waals surface area contributed by atoms with E-state index in [1.807, 2.05) is 0 Å². The Bertz CT molecular complexity index is 849. The molecule has 23 heavy (non-hydrogen) atoms. The molecular formula is C17H41Cl2NSi2Zr. The van der Waals surface area contributed by atoms with E-state index in [1.165, 1.54) is 11.1 Å². The first-order chi connectivity index (χ1) is 8.41. The molecule has 140 valence electrons. The summed E-state index contributed by atoms with van der Waals surface area (Å²) in [6, 6.07) is 0. The summed E-state index contributed by atoms with van der Waals surface area (Å²) in [7, 11) is 0. The average molecular weight is 478 g/mol. The molecule has 0 spiro atoms.